The molecule has 12 rings (SSSR count). The summed E-state index contributed by atoms with van der Waals surface area (Å²) < 4.78 is 0. The molecule has 0 unspecified atom stereocenters. The van der Waals surface area contributed by atoms with Crippen molar-refractivity contribution in [2.45, 2.75) is 182 Å². The van der Waals surface area contributed by atoms with Crippen molar-refractivity contribution < 1.29 is 0 Å². The lowest BCUT2D eigenvalue weighted by molar-refractivity contribution is 0.332. The average molecular weight is 1130 g/mol. The van der Waals surface area contributed by atoms with Gasteiger partial charge in [0.2, 0.25) is 0 Å². The van der Waals surface area contributed by atoms with Gasteiger partial charge in [0.1, 0.15) is 0 Å². The van der Waals surface area contributed by atoms with E-state index in [0.29, 0.717) is 0 Å². The summed E-state index contributed by atoms with van der Waals surface area (Å²) in [7, 11) is 0. The third-order valence-electron chi connectivity index (χ3n) is 19.4. The molecule has 0 radical (unpaired) electrons. The number of benzene rings is 9. The van der Waals surface area contributed by atoms with Crippen molar-refractivity contribution in [1.29, 1.82) is 0 Å². The standard InChI is InChI=1S/C82H92BN3/c1-76(2,3)56-31-24-34-61(44-56)84(62-35-25-32-57(45-62)77(4,5)6)64-49-73-75-74(50-64)86(70-40-38-59(79(10,11)12)47-65(70)55-30-23-29-54(43-55)53-27-21-20-22-28-53)72-52-67-66(81(16,17)41-42-82(67,18)19)51-69(72)83(75)68-39-37-60(80(13,14)15)48-71(68)85(73)63-36-26-33-58(46-63)78(7,8)9/h20-40,43-52H,41-42H2,1-19H3. The first-order valence-corrected chi connectivity index (χ1v) is 31.8. The summed E-state index contributed by atoms with van der Waals surface area (Å²) in [5.41, 5.74) is 28.4. The first-order valence-electron chi connectivity index (χ1n) is 31.8. The van der Waals surface area contributed by atoms with Crippen LogP contribution in [0.25, 0.3) is 22.3 Å². The second kappa shape index (κ2) is 20.5. The van der Waals surface area contributed by atoms with Gasteiger partial charge in [0, 0.05) is 45.4 Å². The maximum atomic E-state index is 2.73. The summed E-state index contributed by atoms with van der Waals surface area (Å²) >= 11 is 0. The van der Waals surface area contributed by atoms with E-state index in [9.17, 15) is 0 Å². The quantitative estimate of drug-likeness (QED) is 0.147. The van der Waals surface area contributed by atoms with Gasteiger partial charge in [0.25, 0.3) is 6.71 Å². The van der Waals surface area contributed by atoms with Crippen LogP contribution in [0.15, 0.2) is 188 Å². The van der Waals surface area contributed by atoms with Gasteiger partial charge in [-0.05, 0) is 202 Å². The van der Waals surface area contributed by atoms with Gasteiger partial charge in [-0.25, -0.2) is 0 Å². The molecule has 9 aromatic rings. The molecule has 0 amide bonds. The molecule has 0 fully saturated rings. The van der Waals surface area contributed by atoms with E-state index in [-0.39, 0.29) is 44.6 Å². The maximum absolute atomic E-state index is 2.73. The number of nitrogens with zero attached hydrogens (tertiary/aromatic N) is 3. The minimum Gasteiger partial charge on any atom is -0.311 e. The van der Waals surface area contributed by atoms with E-state index in [1.165, 1.54) is 106 Å². The van der Waals surface area contributed by atoms with Crippen molar-refractivity contribution in [3.8, 4) is 22.3 Å². The van der Waals surface area contributed by atoms with E-state index in [1.54, 1.807) is 0 Å². The first kappa shape index (κ1) is 58.8. The number of fused-ring (bicyclic) bond motifs is 5. The highest BCUT2D eigenvalue weighted by Crippen LogP contribution is 2.54. The fourth-order valence-corrected chi connectivity index (χ4v) is 13.9. The summed E-state index contributed by atoms with van der Waals surface area (Å²) in [6.45, 7) is 45.1. The third kappa shape index (κ3) is 10.5. The predicted octanol–water partition coefficient (Wildman–Crippen LogP) is 21.4. The van der Waals surface area contributed by atoms with Crippen LogP contribution in [-0.4, -0.2) is 6.71 Å². The zero-order valence-electron chi connectivity index (χ0n) is 55.2. The largest absolute Gasteiger partial charge is 0.311 e. The lowest BCUT2D eigenvalue weighted by Crippen LogP contribution is -2.62. The lowest BCUT2D eigenvalue weighted by Gasteiger charge is -2.48. The Labute approximate surface area is 517 Å². The SMILES string of the molecule is CC(C)(C)c1cccc(N(c2cccc(C(C)(C)C)c2)c2cc3c4c(c2)N(c2ccc(C(C)(C)C)cc2-c2cccc(-c5ccccc5)c2)c2cc5c(cc2B4c2ccc(C(C)(C)C)cc2N3c2cccc(C(C)(C)C)c2)C(C)(C)CCC5(C)C)c1. The molecule has 3 aliphatic rings. The molecule has 0 spiro atoms. The normalized spacial score (nSPS) is 15.4. The van der Waals surface area contributed by atoms with Crippen molar-refractivity contribution in [3.05, 3.63) is 227 Å². The van der Waals surface area contributed by atoms with Crippen LogP contribution in [0.2, 0.25) is 0 Å². The van der Waals surface area contributed by atoms with Crippen LogP contribution in [-0.2, 0) is 37.9 Å². The van der Waals surface area contributed by atoms with Crippen molar-refractivity contribution in [1.82, 2.24) is 0 Å². The Morgan fingerprint density at radius 3 is 1.38 bits per heavy atom. The molecule has 438 valence electrons. The Morgan fingerprint density at radius 2 is 0.802 bits per heavy atom. The summed E-state index contributed by atoms with van der Waals surface area (Å²) in [4.78, 5) is 7.96. The zero-order chi connectivity index (χ0) is 61.4. The Balaban J connectivity index is 1.28. The average Bonchev–Trinajstić information content (AvgIpc) is 0.762. The van der Waals surface area contributed by atoms with Gasteiger partial charge in [-0.3, -0.25) is 0 Å². The molecule has 1 aliphatic carbocycles. The van der Waals surface area contributed by atoms with Crippen LogP contribution in [0.1, 0.15) is 183 Å². The van der Waals surface area contributed by atoms with E-state index < -0.39 is 0 Å². The minimum atomic E-state index is -0.107. The fraction of sp³-hybridized carbons (Fsp3) is 0.341. The second-order valence-corrected chi connectivity index (χ2v) is 31.9. The molecule has 0 bridgehead atoms. The molecular formula is C82H92BN3. The Kier molecular flexibility index (Phi) is 14.0. The van der Waals surface area contributed by atoms with Crippen molar-refractivity contribution >= 4 is 74.3 Å². The highest BCUT2D eigenvalue weighted by molar-refractivity contribution is 7.00. The van der Waals surface area contributed by atoms with Crippen molar-refractivity contribution in [2.75, 3.05) is 14.7 Å². The molecule has 0 saturated heterocycles. The monoisotopic (exact) mass is 1130 g/mol. The fourth-order valence-electron chi connectivity index (χ4n) is 13.9. The van der Waals surface area contributed by atoms with Gasteiger partial charge < -0.3 is 14.7 Å². The molecular weight excluding hydrogens is 1040 g/mol. The van der Waals surface area contributed by atoms with Crippen LogP contribution < -0.4 is 31.1 Å². The molecule has 0 atom stereocenters. The van der Waals surface area contributed by atoms with E-state index in [2.05, 4.69) is 334 Å². The van der Waals surface area contributed by atoms with Crippen LogP contribution >= 0.6 is 0 Å². The molecule has 3 nitrogen and oxygen atoms in total. The number of hydrogen-bond acceptors (Lipinski definition) is 3. The van der Waals surface area contributed by atoms with E-state index in [0.717, 1.165) is 35.6 Å². The first-order chi connectivity index (χ1) is 40.3. The molecule has 2 heterocycles. The van der Waals surface area contributed by atoms with Gasteiger partial charge in [0.05, 0.1) is 11.4 Å². The summed E-state index contributed by atoms with van der Waals surface area (Å²) in [5, 5.41) is 0. The van der Waals surface area contributed by atoms with Crippen LogP contribution in [0.4, 0.5) is 51.2 Å². The Hall–Kier alpha value is -7.56. The highest BCUT2D eigenvalue weighted by atomic mass is 15.2. The van der Waals surface area contributed by atoms with E-state index in [1.807, 2.05) is 0 Å². The van der Waals surface area contributed by atoms with Gasteiger partial charge in [-0.1, -0.05) is 241 Å². The molecule has 0 N–H and O–H groups in total. The molecule has 86 heavy (non-hydrogen) atoms. The van der Waals surface area contributed by atoms with Crippen molar-refractivity contribution in [3.63, 3.8) is 0 Å². The van der Waals surface area contributed by atoms with Crippen LogP contribution in [0.3, 0.4) is 0 Å². The summed E-state index contributed by atoms with van der Waals surface area (Å²) in [5.74, 6) is 0. The van der Waals surface area contributed by atoms with Gasteiger partial charge in [-0.2, -0.15) is 0 Å². The molecule has 9 aromatic carbocycles. The summed E-state index contributed by atoms with van der Waals surface area (Å²) in [6, 6.07) is 73.8. The third-order valence-corrected chi connectivity index (χ3v) is 19.4. The smallest absolute Gasteiger partial charge is 0.252 e. The molecule has 0 saturated carbocycles. The Bertz CT molecular complexity index is 4050. The lowest BCUT2D eigenvalue weighted by atomic mass is 9.33. The second-order valence-electron chi connectivity index (χ2n) is 31.9. The van der Waals surface area contributed by atoms with Gasteiger partial charge in [0.15, 0.2) is 0 Å². The molecule has 2 aliphatic heterocycles. The van der Waals surface area contributed by atoms with E-state index >= 15 is 0 Å². The van der Waals surface area contributed by atoms with Gasteiger partial charge >= 0.3 is 0 Å². The topological polar surface area (TPSA) is 9.72 Å². The van der Waals surface area contributed by atoms with Gasteiger partial charge in [-0.15, -0.1) is 0 Å². The molecule has 4 heteroatoms. The molecule has 0 aromatic heterocycles. The van der Waals surface area contributed by atoms with E-state index in [4.69, 9.17) is 0 Å². The minimum absolute atomic E-state index is 0.0220. The highest BCUT2D eigenvalue weighted by Gasteiger charge is 2.48. The number of anilines is 9. The van der Waals surface area contributed by atoms with Crippen LogP contribution in [0.5, 0.6) is 0 Å². The Morgan fingerprint density at radius 1 is 0.337 bits per heavy atom. The number of hydrogen-bond donors (Lipinski definition) is 0. The van der Waals surface area contributed by atoms with Crippen molar-refractivity contribution in [2.24, 2.45) is 0 Å². The maximum Gasteiger partial charge on any atom is 0.252 e. The predicted molar refractivity (Wildman–Crippen MR) is 375 cm³/mol. The zero-order valence-corrected chi connectivity index (χ0v) is 55.2. The van der Waals surface area contributed by atoms with Crippen LogP contribution in [0, 0.1) is 0 Å². The number of rotatable bonds is 7. The summed E-state index contributed by atoms with van der Waals surface area (Å²) in [6.07, 6.45) is 2.25.